The van der Waals surface area contributed by atoms with Gasteiger partial charge < -0.3 is 15.5 Å². The summed E-state index contributed by atoms with van der Waals surface area (Å²) in [4.78, 5) is 0. The van der Waals surface area contributed by atoms with Crippen LogP contribution in [0.25, 0.3) is 0 Å². The Bertz CT molecular complexity index is 291. The normalized spacial score (nSPS) is 10.4. The Morgan fingerprint density at radius 3 is 2.86 bits per heavy atom. The number of rotatable bonds is 5. The van der Waals surface area contributed by atoms with E-state index >= 15 is 0 Å². The Labute approximate surface area is 88.3 Å². The van der Waals surface area contributed by atoms with Gasteiger partial charge in [0, 0.05) is 23.7 Å². The standard InChI is InChI=1S/C10H14ClNO2/c11-9-2-3-10(14)8(6-9)7-12-4-1-5-13/h2-3,6,12-14H,1,4-5,7H2. The molecule has 0 fully saturated rings. The summed E-state index contributed by atoms with van der Waals surface area (Å²) >= 11 is 5.78. The third-order valence-corrected chi connectivity index (χ3v) is 2.10. The van der Waals surface area contributed by atoms with Gasteiger partial charge in [0.2, 0.25) is 0 Å². The largest absolute Gasteiger partial charge is 0.508 e. The van der Waals surface area contributed by atoms with E-state index in [2.05, 4.69) is 5.32 Å². The zero-order valence-electron chi connectivity index (χ0n) is 7.83. The van der Waals surface area contributed by atoms with Crippen molar-refractivity contribution in [2.75, 3.05) is 13.2 Å². The van der Waals surface area contributed by atoms with Crippen molar-refractivity contribution < 1.29 is 10.2 Å². The van der Waals surface area contributed by atoms with Gasteiger partial charge in [-0.15, -0.1) is 0 Å². The van der Waals surface area contributed by atoms with Crippen molar-refractivity contribution >= 4 is 11.6 Å². The second-order valence-corrected chi connectivity index (χ2v) is 3.46. The fourth-order valence-electron chi connectivity index (χ4n) is 1.12. The van der Waals surface area contributed by atoms with Crippen LogP contribution in [-0.4, -0.2) is 23.4 Å². The second kappa shape index (κ2) is 5.86. The van der Waals surface area contributed by atoms with Crippen LogP contribution in [-0.2, 0) is 6.54 Å². The Hall–Kier alpha value is -0.770. The van der Waals surface area contributed by atoms with Gasteiger partial charge >= 0.3 is 0 Å². The molecule has 14 heavy (non-hydrogen) atoms. The van der Waals surface area contributed by atoms with Gasteiger partial charge in [0.05, 0.1) is 0 Å². The topological polar surface area (TPSA) is 52.5 Å². The highest BCUT2D eigenvalue weighted by atomic mass is 35.5. The summed E-state index contributed by atoms with van der Waals surface area (Å²) in [5.41, 5.74) is 0.774. The molecule has 0 saturated carbocycles. The average Bonchev–Trinajstić information content (AvgIpc) is 2.18. The molecule has 3 N–H and O–H groups in total. The maximum Gasteiger partial charge on any atom is 0.120 e. The molecule has 0 aliphatic carbocycles. The van der Waals surface area contributed by atoms with Gasteiger partial charge in [-0.05, 0) is 31.2 Å². The van der Waals surface area contributed by atoms with E-state index in [-0.39, 0.29) is 12.4 Å². The lowest BCUT2D eigenvalue weighted by Crippen LogP contribution is -2.15. The van der Waals surface area contributed by atoms with Crippen LogP contribution in [0.5, 0.6) is 5.75 Å². The Kier molecular flexibility index (Phi) is 4.73. The average molecular weight is 216 g/mol. The summed E-state index contributed by atoms with van der Waals surface area (Å²) in [6, 6.07) is 4.95. The molecule has 0 aliphatic rings. The molecule has 0 aromatic heterocycles. The van der Waals surface area contributed by atoms with Gasteiger partial charge in [0.25, 0.3) is 0 Å². The van der Waals surface area contributed by atoms with Crippen LogP contribution in [0, 0.1) is 0 Å². The first-order valence-electron chi connectivity index (χ1n) is 4.53. The van der Waals surface area contributed by atoms with Gasteiger partial charge in [0.1, 0.15) is 5.75 Å². The number of benzene rings is 1. The number of hydrogen-bond acceptors (Lipinski definition) is 3. The molecule has 1 rings (SSSR count). The number of halogens is 1. The van der Waals surface area contributed by atoms with Crippen LogP contribution < -0.4 is 5.32 Å². The molecule has 0 atom stereocenters. The quantitative estimate of drug-likeness (QED) is 0.653. The summed E-state index contributed by atoms with van der Waals surface area (Å²) in [6.45, 7) is 1.46. The minimum Gasteiger partial charge on any atom is -0.508 e. The Morgan fingerprint density at radius 1 is 1.36 bits per heavy atom. The lowest BCUT2D eigenvalue weighted by molar-refractivity contribution is 0.286. The highest BCUT2D eigenvalue weighted by molar-refractivity contribution is 6.30. The predicted molar refractivity (Wildman–Crippen MR) is 56.5 cm³/mol. The zero-order chi connectivity index (χ0) is 10.4. The number of phenolic OH excluding ortho intramolecular Hbond substituents is 1. The minimum atomic E-state index is 0.175. The molecular formula is C10H14ClNO2. The molecule has 0 heterocycles. The second-order valence-electron chi connectivity index (χ2n) is 3.03. The van der Waals surface area contributed by atoms with Crippen molar-refractivity contribution in [2.45, 2.75) is 13.0 Å². The Balaban J connectivity index is 2.45. The predicted octanol–water partition coefficient (Wildman–Crippen LogP) is 1.52. The molecule has 3 nitrogen and oxygen atoms in total. The third-order valence-electron chi connectivity index (χ3n) is 1.87. The van der Waals surface area contributed by atoms with Crippen molar-refractivity contribution in [3.63, 3.8) is 0 Å². The van der Waals surface area contributed by atoms with Crippen LogP contribution in [0.1, 0.15) is 12.0 Å². The fourth-order valence-corrected chi connectivity index (χ4v) is 1.32. The van der Waals surface area contributed by atoms with Gasteiger partial charge in [0.15, 0.2) is 0 Å². The van der Waals surface area contributed by atoms with E-state index in [1.54, 1.807) is 18.2 Å². The van der Waals surface area contributed by atoms with Crippen LogP contribution in [0.3, 0.4) is 0 Å². The summed E-state index contributed by atoms with van der Waals surface area (Å²) in [5.74, 6) is 0.242. The monoisotopic (exact) mass is 215 g/mol. The number of phenols is 1. The maximum absolute atomic E-state index is 9.44. The molecule has 0 saturated heterocycles. The molecule has 0 aliphatic heterocycles. The number of nitrogens with one attached hydrogen (secondary N) is 1. The fraction of sp³-hybridized carbons (Fsp3) is 0.400. The van der Waals surface area contributed by atoms with Crippen molar-refractivity contribution in [2.24, 2.45) is 0 Å². The molecule has 78 valence electrons. The molecule has 0 radical (unpaired) electrons. The van der Waals surface area contributed by atoms with Crippen LogP contribution in [0.15, 0.2) is 18.2 Å². The summed E-state index contributed by atoms with van der Waals surface area (Å²) < 4.78 is 0. The minimum absolute atomic E-state index is 0.175. The molecule has 1 aromatic carbocycles. The van der Waals surface area contributed by atoms with Gasteiger partial charge in [-0.1, -0.05) is 11.6 Å². The lowest BCUT2D eigenvalue weighted by atomic mass is 10.2. The third kappa shape index (κ3) is 3.54. The highest BCUT2D eigenvalue weighted by Crippen LogP contribution is 2.20. The lowest BCUT2D eigenvalue weighted by Gasteiger charge is -2.06. The molecular weight excluding hydrogens is 202 g/mol. The van der Waals surface area contributed by atoms with E-state index < -0.39 is 0 Å². The van der Waals surface area contributed by atoms with Crippen molar-refractivity contribution in [3.8, 4) is 5.75 Å². The number of hydrogen-bond donors (Lipinski definition) is 3. The van der Waals surface area contributed by atoms with Crippen LogP contribution >= 0.6 is 11.6 Å². The first kappa shape index (κ1) is 11.3. The van der Waals surface area contributed by atoms with E-state index in [1.165, 1.54) is 0 Å². The van der Waals surface area contributed by atoms with E-state index in [0.29, 0.717) is 18.0 Å². The molecule has 0 bridgehead atoms. The van der Waals surface area contributed by atoms with Crippen molar-refractivity contribution in [3.05, 3.63) is 28.8 Å². The highest BCUT2D eigenvalue weighted by Gasteiger charge is 2.00. The van der Waals surface area contributed by atoms with Crippen LogP contribution in [0.2, 0.25) is 5.02 Å². The molecule has 4 heteroatoms. The molecule has 0 amide bonds. The van der Waals surface area contributed by atoms with Gasteiger partial charge in [-0.25, -0.2) is 0 Å². The van der Waals surface area contributed by atoms with Gasteiger partial charge in [-0.2, -0.15) is 0 Å². The Morgan fingerprint density at radius 2 is 2.14 bits per heavy atom. The summed E-state index contributed by atoms with van der Waals surface area (Å²) in [5, 5.41) is 21.7. The van der Waals surface area contributed by atoms with E-state index in [0.717, 1.165) is 12.1 Å². The van der Waals surface area contributed by atoms with Crippen molar-refractivity contribution in [1.29, 1.82) is 0 Å². The summed E-state index contributed by atoms with van der Waals surface area (Å²) in [6.07, 6.45) is 0.710. The van der Waals surface area contributed by atoms with E-state index in [1.807, 2.05) is 0 Å². The molecule has 0 unspecified atom stereocenters. The van der Waals surface area contributed by atoms with Gasteiger partial charge in [-0.3, -0.25) is 0 Å². The number of aliphatic hydroxyl groups excluding tert-OH is 1. The number of aliphatic hydroxyl groups is 1. The van der Waals surface area contributed by atoms with E-state index in [9.17, 15) is 5.11 Å². The molecule has 1 aromatic rings. The first-order valence-corrected chi connectivity index (χ1v) is 4.91. The maximum atomic E-state index is 9.44. The van der Waals surface area contributed by atoms with Crippen LogP contribution in [0.4, 0.5) is 0 Å². The summed E-state index contributed by atoms with van der Waals surface area (Å²) in [7, 11) is 0. The number of aromatic hydroxyl groups is 1. The first-order chi connectivity index (χ1) is 6.74. The zero-order valence-corrected chi connectivity index (χ0v) is 8.59. The smallest absolute Gasteiger partial charge is 0.120 e. The molecule has 0 spiro atoms. The van der Waals surface area contributed by atoms with Crippen molar-refractivity contribution in [1.82, 2.24) is 5.32 Å². The SMILES string of the molecule is OCCCNCc1cc(Cl)ccc1O. The van der Waals surface area contributed by atoms with E-state index in [4.69, 9.17) is 16.7 Å².